The summed E-state index contributed by atoms with van der Waals surface area (Å²) in [5.74, 6) is 1.48. The zero-order chi connectivity index (χ0) is 14.2. The molecule has 1 unspecified atom stereocenters. The summed E-state index contributed by atoms with van der Waals surface area (Å²) in [5.41, 5.74) is 0.350. The number of rotatable bonds is 3. The average molecular weight is 279 g/mol. The van der Waals surface area contributed by atoms with Crippen molar-refractivity contribution in [2.24, 2.45) is 0 Å². The summed E-state index contributed by atoms with van der Waals surface area (Å²) < 4.78 is 25.3. The molecule has 2 aliphatic heterocycles. The van der Waals surface area contributed by atoms with Gasteiger partial charge in [0.2, 0.25) is 6.79 Å². The monoisotopic (exact) mass is 279 g/mol. The molecule has 1 N–H and O–H groups in total. The van der Waals surface area contributed by atoms with Crippen LogP contribution < -0.4 is 14.8 Å². The quantitative estimate of drug-likeness (QED) is 0.921. The van der Waals surface area contributed by atoms with Crippen molar-refractivity contribution in [3.05, 3.63) is 23.3 Å². The molecule has 1 aromatic carbocycles. The van der Waals surface area contributed by atoms with Gasteiger partial charge < -0.3 is 14.8 Å². The van der Waals surface area contributed by atoms with E-state index in [1.165, 1.54) is 19.3 Å². The minimum atomic E-state index is -1.37. The number of halogens is 1. The number of ether oxygens (including phenoxy) is 2. The van der Waals surface area contributed by atoms with Crippen molar-refractivity contribution in [3.8, 4) is 11.5 Å². The third-order valence-corrected chi connectivity index (χ3v) is 4.11. The van der Waals surface area contributed by atoms with Gasteiger partial charge in [0, 0.05) is 11.6 Å². The van der Waals surface area contributed by atoms with E-state index in [0.717, 1.165) is 24.3 Å². The van der Waals surface area contributed by atoms with E-state index in [4.69, 9.17) is 9.47 Å². The molecule has 1 fully saturated rings. The Balaban J connectivity index is 1.90. The van der Waals surface area contributed by atoms with Crippen molar-refractivity contribution in [2.75, 3.05) is 13.3 Å². The van der Waals surface area contributed by atoms with Crippen LogP contribution in [-0.2, 0) is 12.1 Å². The normalized spacial score (nSPS) is 22.1. The molecule has 2 aliphatic rings. The summed E-state index contributed by atoms with van der Waals surface area (Å²) in [6.45, 7) is 4.45. The van der Waals surface area contributed by atoms with Gasteiger partial charge in [-0.25, -0.2) is 4.39 Å². The van der Waals surface area contributed by atoms with Crippen LogP contribution in [0.3, 0.4) is 0 Å². The van der Waals surface area contributed by atoms with Gasteiger partial charge in [0.1, 0.15) is 5.67 Å². The maximum absolute atomic E-state index is 14.2. The topological polar surface area (TPSA) is 30.5 Å². The minimum absolute atomic E-state index is 0.233. The lowest BCUT2D eigenvalue weighted by molar-refractivity contribution is 0.172. The SMILES string of the molecule is CC(C)(F)c1cc(CC2CCCCN2)c2c(c1)OCO2. The Bertz CT molecular complexity index is 490. The van der Waals surface area contributed by atoms with E-state index in [1.54, 1.807) is 19.9 Å². The Labute approximate surface area is 119 Å². The van der Waals surface area contributed by atoms with Crippen LogP contribution in [0, 0.1) is 0 Å². The fourth-order valence-corrected chi connectivity index (χ4v) is 2.94. The second-order valence-corrected chi connectivity index (χ2v) is 6.19. The molecule has 110 valence electrons. The lowest BCUT2D eigenvalue weighted by atomic mass is 9.92. The van der Waals surface area contributed by atoms with Gasteiger partial charge >= 0.3 is 0 Å². The van der Waals surface area contributed by atoms with Crippen molar-refractivity contribution < 1.29 is 13.9 Å². The second-order valence-electron chi connectivity index (χ2n) is 6.19. The molecule has 0 saturated carbocycles. The molecule has 0 amide bonds. The molecule has 3 nitrogen and oxygen atoms in total. The van der Waals surface area contributed by atoms with E-state index in [9.17, 15) is 4.39 Å². The van der Waals surface area contributed by atoms with Gasteiger partial charge in [-0.05, 0) is 57.4 Å². The van der Waals surface area contributed by atoms with Gasteiger partial charge in [-0.15, -0.1) is 0 Å². The first-order valence-corrected chi connectivity index (χ1v) is 7.39. The van der Waals surface area contributed by atoms with Crippen LogP contribution in [0.1, 0.15) is 44.2 Å². The molecule has 3 rings (SSSR count). The fourth-order valence-electron chi connectivity index (χ4n) is 2.94. The Kier molecular flexibility index (Phi) is 3.59. The van der Waals surface area contributed by atoms with E-state index in [-0.39, 0.29) is 6.79 Å². The van der Waals surface area contributed by atoms with Gasteiger partial charge in [0.05, 0.1) is 0 Å². The first kappa shape index (κ1) is 13.7. The van der Waals surface area contributed by atoms with E-state index < -0.39 is 5.67 Å². The number of hydrogen-bond donors (Lipinski definition) is 1. The number of piperidine rings is 1. The van der Waals surface area contributed by atoms with Gasteiger partial charge in [-0.3, -0.25) is 0 Å². The molecule has 0 bridgehead atoms. The van der Waals surface area contributed by atoms with E-state index >= 15 is 0 Å². The Hall–Kier alpha value is -1.29. The summed E-state index contributed by atoms with van der Waals surface area (Å²) in [7, 11) is 0. The third kappa shape index (κ3) is 2.75. The standard InChI is InChI=1S/C16H22FNO2/c1-16(2,17)12-7-11(8-13-5-3-4-6-18-13)15-14(9-12)19-10-20-15/h7,9,13,18H,3-6,8,10H2,1-2H3. The highest BCUT2D eigenvalue weighted by molar-refractivity contribution is 5.52. The molecule has 1 saturated heterocycles. The Morgan fingerprint density at radius 3 is 2.85 bits per heavy atom. The highest BCUT2D eigenvalue weighted by Gasteiger charge is 2.27. The Morgan fingerprint density at radius 1 is 1.30 bits per heavy atom. The lowest BCUT2D eigenvalue weighted by Crippen LogP contribution is -2.35. The Morgan fingerprint density at radius 2 is 2.15 bits per heavy atom. The van der Waals surface area contributed by atoms with Crippen LogP contribution in [0.25, 0.3) is 0 Å². The highest BCUT2D eigenvalue weighted by atomic mass is 19.1. The van der Waals surface area contributed by atoms with Crippen molar-refractivity contribution in [3.63, 3.8) is 0 Å². The number of fused-ring (bicyclic) bond motifs is 1. The van der Waals surface area contributed by atoms with Crippen molar-refractivity contribution >= 4 is 0 Å². The molecule has 20 heavy (non-hydrogen) atoms. The van der Waals surface area contributed by atoms with Crippen LogP contribution >= 0.6 is 0 Å². The number of nitrogens with one attached hydrogen (secondary N) is 1. The minimum Gasteiger partial charge on any atom is -0.454 e. The predicted molar refractivity (Wildman–Crippen MR) is 76.0 cm³/mol. The third-order valence-electron chi connectivity index (χ3n) is 4.11. The number of benzene rings is 1. The molecular formula is C16H22FNO2. The zero-order valence-electron chi connectivity index (χ0n) is 12.2. The van der Waals surface area contributed by atoms with Crippen LogP contribution in [0.15, 0.2) is 12.1 Å². The first-order chi connectivity index (χ1) is 9.54. The molecule has 0 radical (unpaired) electrons. The summed E-state index contributed by atoms with van der Waals surface area (Å²) in [5, 5.41) is 3.53. The highest BCUT2D eigenvalue weighted by Crippen LogP contribution is 2.41. The van der Waals surface area contributed by atoms with E-state index in [1.807, 2.05) is 6.07 Å². The molecule has 4 heteroatoms. The van der Waals surface area contributed by atoms with E-state index in [0.29, 0.717) is 17.4 Å². The van der Waals surface area contributed by atoms with Gasteiger partial charge in [0.15, 0.2) is 11.5 Å². The van der Waals surface area contributed by atoms with Gasteiger partial charge in [-0.1, -0.05) is 6.42 Å². The summed E-state index contributed by atoms with van der Waals surface area (Å²) in [6.07, 6.45) is 4.53. The average Bonchev–Trinajstić information content (AvgIpc) is 2.87. The molecule has 1 atom stereocenters. The maximum Gasteiger partial charge on any atom is 0.231 e. The molecule has 0 aromatic heterocycles. The zero-order valence-corrected chi connectivity index (χ0v) is 12.2. The van der Waals surface area contributed by atoms with Crippen LogP contribution in [0.2, 0.25) is 0 Å². The summed E-state index contributed by atoms with van der Waals surface area (Å²) in [4.78, 5) is 0. The number of hydrogen-bond acceptors (Lipinski definition) is 3. The molecule has 2 heterocycles. The predicted octanol–water partition coefficient (Wildman–Crippen LogP) is 3.30. The van der Waals surface area contributed by atoms with Crippen LogP contribution in [0.4, 0.5) is 4.39 Å². The van der Waals surface area contributed by atoms with Crippen molar-refractivity contribution in [1.82, 2.24) is 5.32 Å². The van der Waals surface area contributed by atoms with Crippen LogP contribution in [0.5, 0.6) is 11.5 Å². The molecular weight excluding hydrogens is 257 g/mol. The largest absolute Gasteiger partial charge is 0.454 e. The second kappa shape index (κ2) is 5.24. The van der Waals surface area contributed by atoms with Gasteiger partial charge in [0.25, 0.3) is 0 Å². The molecule has 0 spiro atoms. The fraction of sp³-hybridized carbons (Fsp3) is 0.625. The van der Waals surface area contributed by atoms with Crippen molar-refractivity contribution in [2.45, 2.75) is 51.2 Å². The molecule has 1 aromatic rings. The smallest absolute Gasteiger partial charge is 0.231 e. The van der Waals surface area contributed by atoms with Gasteiger partial charge in [-0.2, -0.15) is 0 Å². The molecule has 0 aliphatic carbocycles. The van der Waals surface area contributed by atoms with Crippen molar-refractivity contribution in [1.29, 1.82) is 0 Å². The maximum atomic E-state index is 14.2. The number of alkyl halides is 1. The lowest BCUT2D eigenvalue weighted by Gasteiger charge is -2.25. The summed E-state index contributed by atoms with van der Waals surface area (Å²) >= 11 is 0. The van der Waals surface area contributed by atoms with Crippen LogP contribution in [-0.4, -0.2) is 19.4 Å². The first-order valence-electron chi connectivity index (χ1n) is 7.39. The van der Waals surface area contributed by atoms with E-state index in [2.05, 4.69) is 5.32 Å². The summed E-state index contributed by atoms with van der Waals surface area (Å²) in [6, 6.07) is 4.15.